The van der Waals surface area contributed by atoms with Gasteiger partial charge in [0.05, 0.1) is 11.2 Å². The Morgan fingerprint density at radius 2 is 1.50 bits per heavy atom. The summed E-state index contributed by atoms with van der Waals surface area (Å²) in [7, 11) is 0. The zero-order valence-corrected chi connectivity index (χ0v) is 13.5. The maximum Gasteiger partial charge on any atom is 0.123 e. The third-order valence-electron chi connectivity index (χ3n) is 4.00. The second kappa shape index (κ2) is 6.06. The van der Waals surface area contributed by atoms with E-state index < -0.39 is 0 Å². The number of rotatable bonds is 2. The van der Waals surface area contributed by atoms with Crippen molar-refractivity contribution in [3.8, 4) is 22.4 Å². The lowest BCUT2D eigenvalue weighted by molar-refractivity contribution is 0.628. The minimum absolute atomic E-state index is 0.251. The molecule has 0 amide bonds. The van der Waals surface area contributed by atoms with Crippen molar-refractivity contribution in [1.29, 1.82) is 0 Å². The molecule has 24 heavy (non-hydrogen) atoms. The fraction of sp³-hybridized carbons (Fsp3) is 0. The van der Waals surface area contributed by atoms with Gasteiger partial charge in [0.15, 0.2) is 0 Å². The van der Waals surface area contributed by atoms with Crippen molar-refractivity contribution in [3.05, 3.63) is 89.7 Å². The number of aromatic nitrogens is 1. The van der Waals surface area contributed by atoms with E-state index in [4.69, 9.17) is 16.6 Å². The Balaban J connectivity index is 2.01. The van der Waals surface area contributed by atoms with Gasteiger partial charge in [0.2, 0.25) is 0 Å². The molecule has 0 saturated heterocycles. The third kappa shape index (κ3) is 2.77. The maximum atomic E-state index is 13.3. The molecule has 0 saturated carbocycles. The topological polar surface area (TPSA) is 12.9 Å². The Morgan fingerprint density at radius 3 is 2.25 bits per heavy atom. The molecule has 0 radical (unpaired) electrons. The fourth-order valence-corrected chi connectivity index (χ4v) is 3.00. The first-order valence-electron chi connectivity index (χ1n) is 7.62. The van der Waals surface area contributed by atoms with E-state index in [1.807, 2.05) is 54.6 Å². The molecule has 1 aromatic heterocycles. The van der Waals surface area contributed by atoms with Gasteiger partial charge in [0, 0.05) is 16.0 Å². The molecule has 0 atom stereocenters. The average molecular weight is 334 g/mol. The van der Waals surface area contributed by atoms with Crippen LogP contribution in [0.1, 0.15) is 0 Å². The number of pyridine rings is 1. The SMILES string of the molecule is Fc1ccc(-c2cc(-c3ccccc3)nc3ccc(Cl)cc23)cc1. The summed E-state index contributed by atoms with van der Waals surface area (Å²) in [6, 6.07) is 24.2. The number of benzene rings is 3. The number of nitrogens with zero attached hydrogens (tertiary/aromatic N) is 1. The third-order valence-corrected chi connectivity index (χ3v) is 4.23. The van der Waals surface area contributed by atoms with Crippen molar-refractivity contribution in [2.75, 3.05) is 0 Å². The summed E-state index contributed by atoms with van der Waals surface area (Å²) in [4.78, 5) is 4.76. The number of halogens is 2. The van der Waals surface area contributed by atoms with Gasteiger partial charge < -0.3 is 0 Å². The molecule has 1 heterocycles. The number of hydrogen-bond donors (Lipinski definition) is 0. The van der Waals surface area contributed by atoms with Crippen molar-refractivity contribution >= 4 is 22.5 Å². The van der Waals surface area contributed by atoms with Gasteiger partial charge in [-0.15, -0.1) is 0 Å². The average Bonchev–Trinajstić information content (AvgIpc) is 2.62. The first-order valence-corrected chi connectivity index (χ1v) is 8.00. The van der Waals surface area contributed by atoms with Gasteiger partial charge in [-0.1, -0.05) is 54.1 Å². The first kappa shape index (κ1) is 14.9. The van der Waals surface area contributed by atoms with Crippen LogP contribution in [0.2, 0.25) is 5.02 Å². The lowest BCUT2D eigenvalue weighted by atomic mass is 9.98. The predicted octanol–water partition coefficient (Wildman–Crippen LogP) is 6.36. The van der Waals surface area contributed by atoms with Crippen molar-refractivity contribution in [2.24, 2.45) is 0 Å². The van der Waals surface area contributed by atoms with Gasteiger partial charge in [-0.3, -0.25) is 0 Å². The van der Waals surface area contributed by atoms with Crippen molar-refractivity contribution in [1.82, 2.24) is 4.98 Å². The van der Waals surface area contributed by atoms with E-state index in [0.717, 1.165) is 33.3 Å². The van der Waals surface area contributed by atoms with Crippen LogP contribution in [-0.4, -0.2) is 4.98 Å². The van der Waals surface area contributed by atoms with Crippen LogP contribution in [0.3, 0.4) is 0 Å². The normalized spacial score (nSPS) is 10.9. The van der Waals surface area contributed by atoms with Crippen LogP contribution in [0.4, 0.5) is 4.39 Å². The van der Waals surface area contributed by atoms with Crippen LogP contribution in [0.5, 0.6) is 0 Å². The van der Waals surface area contributed by atoms with E-state index in [1.165, 1.54) is 12.1 Å². The Hall–Kier alpha value is -2.71. The standard InChI is InChI=1S/C21H13ClFN/c22-16-8-11-20-19(12-16)18(14-6-9-17(23)10-7-14)13-21(24-20)15-4-2-1-3-5-15/h1-13H. The van der Waals surface area contributed by atoms with E-state index >= 15 is 0 Å². The maximum absolute atomic E-state index is 13.3. The molecule has 3 heteroatoms. The Kier molecular flexibility index (Phi) is 3.75. The molecular weight excluding hydrogens is 321 g/mol. The molecule has 4 aromatic rings. The number of fused-ring (bicyclic) bond motifs is 1. The van der Waals surface area contributed by atoms with Gasteiger partial charge in [-0.25, -0.2) is 9.37 Å². The quantitative estimate of drug-likeness (QED) is 0.416. The van der Waals surface area contributed by atoms with Crippen LogP contribution in [-0.2, 0) is 0 Å². The highest BCUT2D eigenvalue weighted by atomic mass is 35.5. The molecule has 0 aliphatic carbocycles. The Labute approximate surface area is 144 Å². The molecule has 0 bridgehead atoms. The minimum Gasteiger partial charge on any atom is -0.248 e. The molecule has 0 unspecified atom stereocenters. The molecule has 116 valence electrons. The van der Waals surface area contributed by atoms with E-state index in [9.17, 15) is 4.39 Å². The Morgan fingerprint density at radius 1 is 0.750 bits per heavy atom. The zero-order valence-electron chi connectivity index (χ0n) is 12.7. The largest absolute Gasteiger partial charge is 0.248 e. The van der Waals surface area contributed by atoms with Crippen LogP contribution in [0.25, 0.3) is 33.3 Å². The fourth-order valence-electron chi connectivity index (χ4n) is 2.82. The van der Waals surface area contributed by atoms with Crippen LogP contribution < -0.4 is 0 Å². The van der Waals surface area contributed by atoms with Gasteiger partial charge in [-0.05, 0) is 47.5 Å². The molecule has 3 aromatic carbocycles. The van der Waals surface area contributed by atoms with Crippen LogP contribution >= 0.6 is 11.6 Å². The van der Waals surface area contributed by atoms with E-state index in [1.54, 1.807) is 12.1 Å². The summed E-state index contributed by atoms with van der Waals surface area (Å²) in [6.45, 7) is 0. The van der Waals surface area contributed by atoms with Crippen molar-refractivity contribution < 1.29 is 4.39 Å². The first-order chi connectivity index (χ1) is 11.7. The smallest absolute Gasteiger partial charge is 0.123 e. The minimum atomic E-state index is -0.251. The second-order valence-electron chi connectivity index (χ2n) is 5.59. The highest BCUT2D eigenvalue weighted by Gasteiger charge is 2.10. The molecule has 4 rings (SSSR count). The van der Waals surface area contributed by atoms with Gasteiger partial charge in [0.1, 0.15) is 5.82 Å². The van der Waals surface area contributed by atoms with Crippen LogP contribution in [0, 0.1) is 5.82 Å². The molecule has 0 N–H and O–H groups in total. The van der Waals surface area contributed by atoms with Crippen molar-refractivity contribution in [2.45, 2.75) is 0 Å². The van der Waals surface area contributed by atoms with E-state index in [-0.39, 0.29) is 5.82 Å². The van der Waals surface area contributed by atoms with Crippen molar-refractivity contribution in [3.63, 3.8) is 0 Å². The summed E-state index contributed by atoms with van der Waals surface area (Å²) in [6.07, 6.45) is 0. The summed E-state index contributed by atoms with van der Waals surface area (Å²) in [5.74, 6) is -0.251. The molecule has 0 aliphatic heterocycles. The van der Waals surface area contributed by atoms with Crippen LogP contribution in [0.15, 0.2) is 78.9 Å². The molecule has 0 fully saturated rings. The highest BCUT2D eigenvalue weighted by Crippen LogP contribution is 2.33. The van der Waals surface area contributed by atoms with E-state index in [0.29, 0.717) is 5.02 Å². The summed E-state index contributed by atoms with van der Waals surface area (Å²) < 4.78 is 13.3. The van der Waals surface area contributed by atoms with Gasteiger partial charge in [-0.2, -0.15) is 0 Å². The van der Waals surface area contributed by atoms with Gasteiger partial charge >= 0.3 is 0 Å². The predicted molar refractivity (Wildman–Crippen MR) is 97.6 cm³/mol. The van der Waals surface area contributed by atoms with E-state index in [2.05, 4.69) is 0 Å². The summed E-state index contributed by atoms with van der Waals surface area (Å²) in [5, 5.41) is 1.61. The molecule has 0 aliphatic rings. The lowest BCUT2D eigenvalue weighted by Crippen LogP contribution is -1.90. The second-order valence-corrected chi connectivity index (χ2v) is 6.03. The molecule has 0 spiro atoms. The molecular formula is C21H13ClFN. The monoisotopic (exact) mass is 333 g/mol. The summed E-state index contributed by atoms with van der Waals surface area (Å²) in [5.41, 5.74) is 4.70. The summed E-state index contributed by atoms with van der Waals surface area (Å²) >= 11 is 6.17. The molecule has 1 nitrogen and oxygen atoms in total. The van der Waals surface area contributed by atoms with Gasteiger partial charge in [0.25, 0.3) is 0 Å². The Bertz CT molecular complexity index is 1010. The highest BCUT2D eigenvalue weighted by molar-refractivity contribution is 6.31. The number of hydrogen-bond acceptors (Lipinski definition) is 1. The zero-order chi connectivity index (χ0) is 16.5. The lowest BCUT2D eigenvalue weighted by Gasteiger charge is -2.11.